The predicted octanol–water partition coefficient (Wildman–Crippen LogP) is 27.1. The van der Waals surface area contributed by atoms with Gasteiger partial charge in [0, 0.05) is 0 Å². The van der Waals surface area contributed by atoms with Crippen LogP contribution in [-0.4, -0.2) is 6.41 Å². The molecular formula is C90H76Cl8Zr2. The minimum absolute atomic E-state index is 0. The molecule has 0 aromatic heterocycles. The molecule has 16 rings (SSSR count). The fourth-order valence-electron chi connectivity index (χ4n) is 12.3. The zero-order valence-electron chi connectivity index (χ0n) is 56.4. The summed E-state index contributed by atoms with van der Waals surface area (Å²) in [5.74, 6) is 0. The van der Waals surface area contributed by atoms with Crippen LogP contribution in [0.15, 0.2) is 303 Å². The Labute approximate surface area is 666 Å². The van der Waals surface area contributed by atoms with Gasteiger partial charge in [-0.15, -0.1) is 119 Å². The molecule has 0 heterocycles. The first-order valence-electron chi connectivity index (χ1n) is 32.2. The second kappa shape index (κ2) is 37.7. The fourth-order valence-corrected chi connectivity index (χ4v) is 14.4. The summed E-state index contributed by atoms with van der Waals surface area (Å²) in [5.41, 5.74) is 24.0. The summed E-state index contributed by atoms with van der Waals surface area (Å²) in [7, 11) is 0. The van der Waals surface area contributed by atoms with E-state index in [0.29, 0.717) is 0 Å². The third-order valence-electron chi connectivity index (χ3n) is 17.1. The molecule has 14 aromatic carbocycles. The van der Waals surface area contributed by atoms with E-state index in [9.17, 15) is 0 Å². The maximum atomic E-state index is 5.86. The molecule has 0 amide bonds. The Hall–Kier alpha value is -6.31. The van der Waals surface area contributed by atoms with Gasteiger partial charge in [-0.3, -0.25) is 0 Å². The molecular weight excluding hydrogens is 1550 g/mol. The Morgan fingerprint density at radius 1 is 0.370 bits per heavy atom. The normalized spacial score (nSPS) is 11.0. The van der Waals surface area contributed by atoms with Crippen LogP contribution in [0.3, 0.4) is 0 Å². The van der Waals surface area contributed by atoms with E-state index in [1.54, 1.807) is 0 Å². The largest absolute Gasteiger partial charge is 0.214 e. The molecule has 14 aromatic rings. The number of fused-ring (bicyclic) bond motifs is 11. The average molecular weight is 1620 g/mol. The van der Waals surface area contributed by atoms with Crippen LogP contribution in [-0.2, 0) is 72.1 Å². The first kappa shape index (κ1) is 81.0. The summed E-state index contributed by atoms with van der Waals surface area (Å²) in [4.78, 5) is 0. The van der Waals surface area contributed by atoms with Crippen molar-refractivity contribution in [2.24, 2.45) is 0 Å². The second-order valence-corrected chi connectivity index (χ2v) is 30.0. The summed E-state index contributed by atoms with van der Waals surface area (Å²) in [6.45, 7) is 13.9. The molecule has 0 fully saturated rings. The van der Waals surface area contributed by atoms with Crippen LogP contribution in [0.4, 0.5) is 0 Å². The molecule has 0 saturated carbocycles. The molecule has 0 N–H and O–H groups in total. The quantitative estimate of drug-likeness (QED) is 0.115. The zero-order chi connectivity index (χ0) is 67.3. The van der Waals surface area contributed by atoms with Crippen molar-refractivity contribution in [3.05, 3.63) is 391 Å². The Kier molecular flexibility index (Phi) is 30.6. The molecule has 0 unspecified atom stereocenters. The van der Waals surface area contributed by atoms with Crippen LogP contribution in [0, 0.1) is 12.1 Å². The first-order chi connectivity index (χ1) is 46.4. The molecule has 0 atom stereocenters. The predicted molar refractivity (Wildman–Crippen MR) is 436 cm³/mol. The summed E-state index contributed by atoms with van der Waals surface area (Å²) in [6, 6.07) is 112. The van der Waals surface area contributed by atoms with Crippen molar-refractivity contribution in [1.29, 1.82) is 0 Å². The second-order valence-electron chi connectivity index (χ2n) is 25.8. The van der Waals surface area contributed by atoms with E-state index in [1.807, 2.05) is 164 Å². The van der Waals surface area contributed by atoms with Crippen LogP contribution in [0.25, 0.3) is 66.1 Å². The van der Waals surface area contributed by atoms with Gasteiger partial charge in [-0.05, 0) is 68.0 Å². The monoisotopic (exact) mass is 1620 g/mol. The van der Waals surface area contributed by atoms with Crippen molar-refractivity contribution in [2.75, 3.05) is 0 Å². The first-order valence-corrected chi connectivity index (χ1v) is 36.2. The number of rotatable bonds is 6. The van der Waals surface area contributed by atoms with Gasteiger partial charge in [-0.25, -0.2) is 24.3 Å². The van der Waals surface area contributed by atoms with E-state index in [2.05, 4.69) is 193 Å². The number of hydrogen-bond donors (Lipinski definition) is 0. The van der Waals surface area contributed by atoms with Gasteiger partial charge >= 0.3 is 241 Å². The van der Waals surface area contributed by atoms with E-state index in [1.165, 1.54) is 177 Å². The van der Waals surface area contributed by atoms with Crippen LogP contribution >= 0.6 is 96.0 Å². The van der Waals surface area contributed by atoms with E-state index >= 15 is 0 Å². The van der Waals surface area contributed by atoms with E-state index < -0.39 is 0 Å². The molecule has 0 nitrogen and oxygen atoms in total. The summed E-state index contributed by atoms with van der Waals surface area (Å²) in [5, 5.41) is 8.37. The van der Waals surface area contributed by atoms with Gasteiger partial charge in [-0.1, -0.05) is 185 Å². The van der Waals surface area contributed by atoms with Crippen molar-refractivity contribution in [3.8, 4) is 44.5 Å². The standard InChI is InChI=1S/C33H33.C21H13.2C13H8Cl2.2C5H5.4ClH.2Zr/c1-32(2,3)30-20-26-24(18-28(30)22-13-9-7-10-14-22)17-25-19-29(23-15-11-8-12-16-23)31(21-27(25)26)33(4,5)6;1-2-8-15-14(7-1)13-20-18-11-4-3-9-16(18)17-10-5-6-12-19(17)21(15)20;2*14-12-5-1-10(2-6-12)9-11-3-7-13(15)8-4-11;2*1-2-4-5-3-1;;;;;;/h7-16,18,20-21H,17H2,1-6H3;1-10,12H,13H2;2*1-8H;2*1-5H;4*1H;;/q2*-1;;;2*-1;;;;;2*+2. The smallest absolute Gasteiger partial charge is 0.0240 e. The van der Waals surface area contributed by atoms with Gasteiger partial charge in [0.2, 0.25) is 0 Å². The Bertz CT molecular complexity index is 4560. The van der Waals surface area contributed by atoms with Crippen LogP contribution in [0.5, 0.6) is 0 Å². The maximum Gasteiger partial charge on any atom is -0.0240 e. The van der Waals surface area contributed by atoms with Gasteiger partial charge in [0.25, 0.3) is 0 Å². The SMILES string of the molecule is CC(C)(C)c1cc2c([c-]c1-c1ccccc1)Cc1cc(-c3ccccc3)c(C(C)(C)C)cc1-2.Cl.Cl.Cl.Cl.Clc1ccc([C](=[Zr+2])c2ccc(Cl)cc2)cc1.Clc1ccc([C](=[Zr+2])c2ccc(Cl)cc2)cc1.[c-]1cccc2c1c1c(c3ccccc32)-c2ccccc2C1.c1cc[cH-]c1.c1cc[cH-]c1. The molecule has 500 valence electrons. The summed E-state index contributed by atoms with van der Waals surface area (Å²) in [6.07, 6.45) is 1.96. The third kappa shape index (κ3) is 20.3. The number of benzene rings is 12. The molecule has 0 saturated heterocycles. The molecule has 0 radical (unpaired) electrons. The van der Waals surface area contributed by atoms with E-state index in [0.717, 1.165) is 32.9 Å². The van der Waals surface area contributed by atoms with E-state index in [-0.39, 0.29) is 60.5 Å². The average Bonchev–Trinajstić information content (AvgIpc) is 1.54. The third-order valence-corrected chi connectivity index (χ3v) is 20.9. The topological polar surface area (TPSA) is 0 Å². The minimum Gasteiger partial charge on any atom is -0.214 e. The Morgan fingerprint density at radius 3 is 1.23 bits per heavy atom. The Morgan fingerprint density at radius 2 is 0.780 bits per heavy atom. The Balaban J connectivity index is 0.000000183. The molecule has 100 heavy (non-hydrogen) atoms. The fraction of sp³-hybridized carbons (Fsp3) is 0.111. The van der Waals surface area contributed by atoms with Gasteiger partial charge in [0.1, 0.15) is 0 Å². The zero-order valence-corrected chi connectivity index (χ0v) is 67.6. The molecule has 2 aliphatic rings. The van der Waals surface area contributed by atoms with Gasteiger partial charge in [-0.2, -0.15) is 36.4 Å². The molecule has 0 aliphatic heterocycles. The van der Waals surface area contributed by atoms with Crippen LogP contribution in [0.2, 0.25) is 20.1 Å². The van der Waals surface area contributed by atoms with Gasteiger partial charge < -0.3 is 0 Å². The van der Waals surface area contributed by atoms with Crippen molar-refractivity contribution in [1.82, 2.24) is 0 Å². The molecule has 0 spiro atoms. The summed E-state index contributed by atoms with van der Waals surface area (Å²) >= 11 is 26.2. The van der Waals surface area contributed by atoms with E-state index in [4.69, 9.17) is 46.4 Å². The summed E-state index contributed by atoms with van der Waals surface area (Å²) < 4.78 is 2.61. The van der Waals surface area contributed by atoms with Crippen molar-refractivity contribution in [3.63, 3.8) is 0 Å². The van der Waals surface area contributed by atoms with Crippen molar-refractivity contribution >= 4 is 124 Å². The number of hydrogen-bond acceptors (Lipinski definition) is 0. The number of halogens is 8. The molecule has 0 bridgehead atoms. The van der Waals surface area contributed by atoms with Crippen molar-refractivity contribution in [2.45, 2.75) is 65.2 Å². The maximum absolute atomic E-state index is 5.86. The van der Waals surface area contributed by atoms with Gasteiger partial charge in [0.05, 0.1) is 0 Å². The van der Waals surface area contributed by atoms with Crippen LogP contribution in [0.1, 0.15) is 97.2 Å². The minimum atomic E-state index is 0. The van der Waals surface area contributed by atoms with Crippen LogP contribution < -0.4 is 0 Å². The molecule has 2 aliphatic carbocycles. The van der Waals surface area contributed by atoms with Crippen molar-refractivity contribution < 1.29 is 48.5 Å². The van der Waals surface area contributed by atoms with Gasteiger partial charge in [0.15, 0.2) is 0 Å². The molecule has 10 heteroatoms.